The Hall–Kier alpha value is -2.25. The maximum Gasteiger partial charge on any atom is 0.0207 e. The Balaban J connectivity index is 2.11. The van der Waals surface area contributed by atoms with E-state index in [4.69, 9.17) is 0 Å². The third kappa shape index (κ3) is 1.52. The summed E-state index contributed by atoms with van der Waals surface area (Å²) in [6.45, 7) is 0. The molecule has 1 heteroatoms. The molecule has 1 heterocycles. The molecule has 21 heavy (non-hydrogen) atoms. The smallest absolute Gasteiger partial charge is 0.0207 e. The van der Waals surface area contributed by atoms with Crippen molar-refractivity contribution >= 4 is 33.3 Å². The first-order valence-corrected chi connectivity index (χ1v) is 7.95. The van der Waals surface area contributed by atoms with Crippen molar-refractivity contribution in [2.75, 3.05) is 0 Å². The minimum atomic E-state index is 1.32. The summed E-state index contributed by atoms with van der Waals surface area (Å²) in [7, 11) is 0. The summed E-state index contributed by atoms with van der Waals surface area (Å²) in [6, 6.07) is 26.4. The second-order valence-electron chi connectivity index (χ2n) is 5.43. The SMILES string of the molecule is c1ccc2c(c1)Sc1cccc3cc4ccccc4c-2c13. The van der Waals surface area contributed by atoms with Gasteiger partial charge in [0.05, 0.1) is 0 Å². The largest absolute Gasteiger partial charge is 0.0888 e. The van der Waals surface area contributed by atoms with Crippen molar-refractivity contribution in [2.45, 2.75) is 9.79 Å². The van der Waals surface area contributed by atoms with Crippen LogP contribution < -0.4 is 0 Å². The van der Waals surface area contributed by atoms with Gasteiger partial charge in [-0.2, -0.15) is 0 Å². The molecule has 0 atom stereocenters. The second kappa shape index (κ2) is 4.12. The predicted molar refractivity (Wildman–Crippen MR) is 91.0 cm³/mol. The van der Waals surface area contributed by atoms with Gasteiger partial charge in [-0.1, -0.05) is 66.4 Å². The van der Waals surface area contributed by atoms with Crippen LogP contribution >= 0.6 is 11.8 Å². The van der Waals surface area contributed by atoms with Crippen molar-refractivity contribution in [1.29, 1.82) is 0 Å². The quantitative estimate of drug-likeness (QED) is 0.308. The summed E-state index contributed by atoms with van der Waals surface area (Å²) in [5, 5.41) is 5.41. The van der Waals surface area contributed by atoms with Gasteiger partial charge < -0.3 is 0 Å². The fraction of sp³-hybridized carbons (Fsp3) is 0. The lowest BCUT2D eigenvalue weighted by Crippen LogP contribution is -1.93. The number of benzene rings is 4. The Bertz CT molecular complexity index is 1010. The van der Waals surface area contributed by atoms with Gasteiger partial charge in [0.2, 0.25) is 0 Å². The lowest BCUT2D eigenvalue weighted by atomic mass is 9.92. The zero-order chi connectivity index (χ0) is 13.8. The van der Waals surface area contributed by atoms with Gasteiger partial charge in [-0.3, -0.25) is 0 Å². The first-order valence-electron chi connectivity index (χ1n) is 7.13. The first kappa shape index (κ1) is 11.4. The van der Waals surface area contributed by atoms with E-state index < -0.39 is 0 Å². The highest BCUT2D eigenvalue weighted by molar-refractivity contribution is 7.99. The fourth-order valence-electron chi connectivity index (χ4n) is 3.33. The highest BCUT2D eigenvalue weighted by atomic mass is 32.2. The Morgan fingerprint density at radius 3 is 2.38 bits per heavy atom. The Morgan fingerprint density at radius 1 is 0.619 bits per heavy atom. The van der Waals surface area contributed by atoms with Crippen LogP contribution in [0.5, 0.6) is 0 Å². The molecular weight excluding hydrogens is 272 g/mol. The highest BCUT2D eigenvalue weighted by Gasteiger charge is 2.20. The Kier molecular flexibility index (Phi) is 2.24. The van der Waals surface area contributed by atoms with Crippen LogP contribution in [-0.2, 0) is 0 Å². The molecule has 5 rings (SSSR count). The van der Waals surface area contributed by atoms with E-state index in [1.165, 1.54) is 42.5 Å². The minimum absolute atomic E-state index is 1.32. The van der Waals surface area contributed by atoms with E-state index in [9.17, 15) is 0 Å². The summed E-state index contributed by atoms with van der Waals surface area (Å²) in [6.07, 6.45) is 0. The van der Waals surface area contributed by atoms with Crippen LogP contribution in [0.2, 0.25) is 0 Å². The van der Waals surface area contributed by atoms with Gasteiger partial charge in [-0.25, -0.2) is 0 Å². The molecule has 4 aromatic carbocycles. The van der Waals surface area contributed by atoms with Crippen LogP contribution in [0.25, 0.3) is 32.7 Å². The zero-order valence-electron chi connectivity index (χ0n) is 11.3. The third-order valence-electron chi connectivity index (χ3n) is 4.23. The molecule has 0 N–H and O–H groups in total. The molecule has 0 radical (unpaired) electrons. The van der Waals surface area contributed by atoms with Gasteiger partial charge in [0.25, 0.3) is 0 Å². The molecule has 0 amide bonds. The van der Waals surface area contributed by atoms with Gasteiger partial charge in [0.1, 0.15) is 0 Å². The predicted octanol–water partition coefficient (Wildman–Crippen LogP) is 6.12. The number of hydrogen-bond donors (Lipinski definition) is 0. The van der Waals surface area contributed by atoms with Crippen LogP contribution in [0, 0.1) is 0 Å². The average molecular weight is 284 g/mol. The van der Waals surface area contributed by atoms with E-state index >= 15 is 0 Å². The lowest BCUT2D eigenvalue weighted by Gasteiger charge is -2.22. The van der Waals surface area contributed by atoms with E-state index in [0.717, 1.165) is 0 Å². The second-order valence-corrected chi connectivity index (χ2v) is 6.51. The van der Waals surface area contributed by atoms with Crippen molar-refractivity contribution in [3.8, 4) is 11.1 Å². The van der Waals surface area contributed by atoms with E-state index in [1.807, 2.05) is 11.8 Å². The van der Waals surface area contributed by atoms with E-state index in [-0.39, 0.29) is 0 Å². The van der Waals surface area contributed by atoms with Crippen molar-refractivity contribution in [1.82, 2.24) is 0 Å². The van der Waals surface area contributed by atoms with Crippen LogP contribution in [0.15, 0.2) is 82.6 Å². The monoisotopic (exact) mass is 284 g/mol. The topological polar surface area (TPSA) is 0 Å². The van der Waals surface area contributed by atoms with Crippen molar-refractivity contribution in [3.63, 3.8) is 0 Å². The molecule has 0 saturated carbocycles. The molecule has 0 spiro atoms. The van der Waals surface area contributed by atoms with Crippen LogP contribution in [-0.4, -0.2) is 0 Å². The molecule has 0 fully saturated rings. The number of hydrogen-bond acceptors (Lipinski definition) is 1. The van der Waals surface area contributed by atoms with Gasteiger partial charge in [-0.15, -0.1) is 0 Å². The van der Waals surface area contributed by atoms with Gasteiger partial charge in [0, 0.05) is 15.2 Å². The van der Waals surface area contributed by atoms with Crippen molar-refractivity contribution in [3.05, 3.63) is 72.8 Å². The molecule has 0 bridgehead atoms. The molecule has 1 aliphatic rings. The molecule has 0 nitrogen and oxygen atoms in total. The first-order chi connectivity index (χ1) is 10.4. The standard InChI is InChI=1S/C20H12S/c1-2-8-15-13(6-1)12-14-7-5-11-18-19(14)20(15)16-9-3-4-10-17(16)21-18/h1-12H. The normalized spacial score (nSPS) is 12.6. The maximum absolute atomic E-state index is 2.31. The molecule has 98 valence electrons. The number of rotatable bonds is 0. The third-order valence-corrected chi connectivity index (χ3v) is 5.36. The lowest BCUT2D eigenvalue weighted by molar-refractivity contribution is 1.41. The summed E-state index contributed by atoms with van der Waals surface area (Å²) < 4.78 is 0. The van der Waals surface area contributed by atoms with Crippen molar-refractivity contribution in [2.24, 2.45) is 0 Å². The molecule has 0 aliphatic carbocycles. The molecule has 0 aromatic heterocycles. The molecular formula is C20H12S. The summed E-state index contributed by atoms with van der Waals surface area (Å²) in [4.78, 5) is 2.72. The highest BCUT2D eigenvalue weighted by Crippen LogP contribution is 2.50. The van der Waals surface area contributed by atoms with Crippen LogP contribution in [0.1, 0.15) is 0 Å². The van der Waals surface area contributed by atoms with E-state index in [2.05, 4.69) is 72.8 Å². The summed E-state index contributed by atoms with van der Waals surface area (Å²) in [5.41, 5.74) is 2.76. The summed E-state index contributed by atoms with van der Waals surface area (Å²) >= 11 is 1.88. The fourth-order valence-corrected chi connectivity index (χ4v) is 4.47. The van der Waals surface area contributed by atoms with Gasteiger partial charge in [0.15, 0.2) is 0 Å². The van der Waals surface area contributed by atoms with Gasteiger partial charge >= 0.3 is 0 Å². The molecule has 0 unspecified atom stereocenters. The van der Waals surface area contributed by atoms with E-state index in [0.29, 0.717) is 0 Å². The maximum atomic E-state index is 2.31. The van der Waals surface area contributed by atoms with Crippen molar-refractivity contribution < 1.29 is 0 Å². The number of fused-ring (bicyclic) bond motifs is 4. The Labute approximate surface area is 127 Å². The average Bonchev–Trinajstić information content (AvgIpc) is 2.54. The zero-order valence-corrected chi connectivity index (χ0v) is 12.2. The summed E-state index contributed by atoms with van der Waals surface area (Å²) in [5.74, 6) is 0. The van der Waals surface area contributed by atoms with Gasteiger partial charge in [-0.05, 0) is 45.5 Å². The molecule has 0 saturated heterocycles. The Morgan fingerprint density at radius 2 is 1.38 bits per heavy atom. The van der Waals surface area contributed by atoms with Crippen LogP contribution in [0.3, 0.4) is 0 Å². The molecule has 1 aliphatic heterocycles. The van der Waals surface area contributed by atoms with Crippen LogP contribution in [0.4, 0.5) is 0 Å². The van der Waals surface area contributed by atoms with E-state index in [1.54, 1.807) is 0 Å². The molecule has 4 aromatic rings. The minimum Gasteiger partial charge on any atom is -0.0888 e.